The molecule has 1 aliphatic rings. The van der Waals surface area contributed by atoms with Gasteiger partial charge in [-0.3, -0.25) is 14.5 Å². The van der Waals surface area contributed by atoms with Crippen LogP contribution in [-0.4, -0.2) is 47.7 Å². The Morgan fingerprint density at radius 1 is 1.13 bits per heavy atom. The number of nitrogens with zero attached hydrogens (tertiary/aromatic N) is 2. The van der Waals surface area contributed by atoms with E-state index in [4.69, 9.17) is 4.74 Å². The molecule has 4 rings (SSSR count). The first kappa shape index (κ1) is 20.1. The molecule has 2 aromatic carbocycles. The lowest BCUT2D eigenvalue weighted by molar-refractivity contribution is -0.120. The molecule has 2 heterocycles. The Bertz CT molecular complexity index is 1090. The van der Waals surface area contributed by atoms with E-state index in [9.17, 15) is 9.59 Å². The number of aromatic amines is 1. The third kappa shape index (κ3) is 4.21. The Kier molecular flexibility index (Phi) is 6.09. The highest BCUT2D eigenvalue weighted by atomic mass is 16.5. The maximum Gasteiger partial charge on any atom is 0.272 e. The van der Waals surface area contributed by atoms with Crippen molar-refractivity contribution >= 4 is 16.7 Å². The number of hydrogen-bond donors (Lipinski definition) is 2. The molecule has 30 heavy (non-hydrogen) atoms. The minimum Gasteiger partial charge on any atom is -0.496 e. The number of carbonyl (C=O) groups is 1. The first-order valence-corrected chi connectivity index (χ1v) is 10.3. The predicted octanol–water partition coefficient (Wildman–Crippen LogP) is 2.43. The van der Waals surface area contributed by atoms with Crippen molar-refractivity contribution in [2.24, 2.45) is 0 Å². The smallest absolute Gasteiger partial charge is 0.272 e. The van der Waals surface area contributed by atoms with Crippen molar-refractivity contribution in [3.63, 3.8) is 0 Å². The second-order valence-electron chi connectivity index (χ2n) is 7.53. The molecule has 2 N–H and O–H groups in total. The normalized spacial score (nSPS) is 15.2. The average molecular weight is 406 g/mol. The van der Waals surface area contributed by atoms with Gasteiger partial charge in [0.1, 0.15) is 5.75 Å². The van der Waals surface area contributed by atoms with Crippen molar-refractivity contribution in [1.29, 1.82) is 0 Å². The van der Waals surface area contributed by atoms with Gasteiger partial charge in [-0.25, -0.2) is 5.10 Å². The van der Waals surface area contributed by atoms with Gasteiger partial charge in [-0.05, 0) is 38.1 Å². The Hall–Kier alpha value is -3.19. The number of likely N-dealkylation sites (tertiary alicyclic amines) is 1. The quantitative estimate of drug-likeness (QED) is 0.629. The number of rotatable bonds is 7. The van der Waals surface area contributed by atoms with Crippen LogP contribution in [0.3, 0.4) is 0 Å². The molecule has 0 aliphatic carbocycles. The molecule has 1 amide bonds. The maximum absolute atomic E-state index is 12.8. The molecular formula is C23H26N4O3. The fourth-order valence-corrected chi connectivity index (χ4v) is 4.16. The summed E-state index contributed by atoms with van der Waals surface area (Å²) in [6, 6.07) is 15.2. The van der Waals surface area contributed by atoms with Gasteiger partial charge in [0, 0.05) is 17.5 Å². The highest BCUT2D eigenvalue weighted by Crippen LogP contribution is 2.31. The summed E-state index contributed by atoms with van der Waals surface area (Å²) in [5.41, 5.74) is 1.40. The van der Waals surface area contributed by atoms with E-state index in [1.807, 2.05) is 30.3 Å². The van der Waals surface area contributed by atoms with E-state index < -0.39 is 0 Å². The van der Waals surface area contributed by atoms with Crippen molar-refractivity contribution in [1.82, 2.24) is 20.4 Å². The van der Waals surface area contributed by atoms with Crippen LogP contribution in [0.25, 0.3) is 10.8 Å². The summed E-state index contributed by atoms with van der Waals surface area (Å²) >= 11 is 0. The van der Waals surface area contributed by atoms with E-state index in [0.717, 1.165) is 37.2 Å². The van der Waals surface area contributed by atoms with Crippen LogP contribution in [-0.2, 0) is 11.2 Å². The first-order valence-electron chi connectivity index (χ1n) is 10.3. The van der Waals surface area contributed by atoms with Crippen LogP contribution in [0, 0.1) is 0 Å². The zero-order valence-corrected chi connectivity index (χ0v) is 17.1. The largest absolute Gasteiger partial charge is 0.496 e. The molecule has 1 unspecified atom stereocenters. The molecule has 1 aromatic heterocycles. The van der Waals surface area contributed by atoms with Gasteiger partial charge >= 0.3 is 0 Å². The second kappa shape index (κ2) is 9.09. The number of H-pyrrole nitrogens is 1. The first-order chi connectivity index (χ1) is 14.7. The summed E-state index contributed by atoms with van der Waals surface area (Å²) in [4.78, 5) is 27.1. The predicted molar refractivity (Wildman–Crippen MR) is 116 cm³/mol. The Morgan fingerprint density at radius 2 is 1.83 bits per heavy atom. The van der Waals surface area contributed by atoms with Gasteiger partial charge in [0.25, 0.3) is 5.56 Å². The van der Waals surface area contributed by atoms with Crippen molar-refractivity contribution in [2.75, 3.05) is 26.7 Å². The van der Waals surface area contributed by atoms with Crippen LogP contribution in [0.15, 0.2) is 53.3 Å². The number of aromatic nitrogens is 2. The standard InChI is InChI=1S/C23H26N4O3/c1-30-21-11-5-4-10-18(21)20(27-12-6-7-13-27)15-24-22(28)14-19-16-8-2-3-9-17(16)23(29)26-25-19/h2-5,8-11,20H,6-7,12-15H2,1H3,(H,24,28)(H,26,29). The lowest BCUT2D eigenvalue weighted by Crippen LogP contribution is -2.37. The third-order valence-corrected chi connectivity index (χ3v) is 5.67. The maximum atomic E-state index is 12.8. The molecule has 0 spiro atoms. The summed E-state index contributed by atoms with van der Waals surface area (Å²) < 4.78 is 5.56. The van der Waals surface area contributed by atoms with E-state index in [2.05, 4.69) is 26.5 Å². The summed E-state index contributed by atoms with van der Waals surface area (Å²) in [6.45, 7) is 2.50. The third-order valence-electron chi connectivity index (χ3n) is 5.67. The summed E-state index contributed by atoms with van der Waals surface area (Å²) in [7, 11) is 1.67. The van der Waals surface area contributed by atoms with Crippen LogP contribution in [0.5, 0.6) is 5.75 Å². The molecule has 0 bridgehead atoms. The molecule has 0 radical (unpaired) electrons. The SMILES string of the molecule is COc1ccccc1C(CNC(=O)Cc1n[nH]c(=O)c2ccccc12)N1CCCC1. The van der Waals surface area contributed by atoms with Crippen molar-refractivity contribution in [3.8, 4) is 5.75 Å². The Morgan fingerprint density at radius 3 is 2.60 bits per heavy atom. The fourth-order valence-electron chi connectivity index (χ4n) is 4.16. The van der Waals surface area contributed by atoms with Crippen LogP contribution in [0.1, 0.15) is 30.1 Å². The van der Waals surface area contributed by atoms with Gasteiger partial charge < -0.3 is 10.1 Å². The van der Waals surface area contributed by atoms with Gasteiger partial charge in [-0.1, -0.05) is 36.4 Å². The van der Waals surface area contributed by atoms with E-state index in [0.29, 0.717) is 23.0 Å². The number of fused-ring (bicyclic) bond motifs is 1. The number of amides is 1. The molecule has 1 saturated heterocycles. The zero-order chi connectivity index (χ0) is 20.9. The van der Waals surface area contributed by atoms with Crippen LogP contribution in [0.4, 0.5) is 0 Å². The number of ether oxygens (including phenoxy) is 1. The second-order valence-corrected chi connectivity index (χ2v) is 7.53. The summed E-state index contributed by atoms with van der Waals surface area (Å²) in [5, 5.41) is 10.9. The molecule has 1 fully saturated rings. The topological polar surface area (TPSA) is 87.3 Å². The summed E-state index contributed by atoms with van der Waals surface area (Å²) in [5.74, 6) is 0.704. The molecule has 156 valence electrons. The number of hydrogen-bond acceptors (Lipinski definition) is 5. The van der Waals surface area contributed by atoms with E-state index in [1.54, 1.807) is 19.2 Å². The highest BCUT2D eigenvalue weighted by Gasteiger charge is 2.26. The van der Waals surface area contributed by atoms with Crippen molar-refractivity contribution in [2.45, 2.75) is 25.3 Å². The van der Waals surface area contributed by atoms with E-state index in [-0.39, 0.29) is 23.9 Å². The molecule has 0 saturated carbocycles. The molecule has 7 nitrogen and oxygen atoms in total. The minimum absolute atomic E-state index is 0.0490. The van der Waals surface area contributed by atoms with Gasteiger partial charge in [0.05, 0.1) is 30.7 Å². The lowest BCUT2D eigenvalue weighted by atomic mass is 10.0. The number of para-hydroxylation sites is 1. The Balaban J connectivity index is 1.51. The Labute approximate surface area is 175 Å². The van der Waals surface area contributed by atoms with Crippen LogP contribution in [0.2, 0.25) is 0 Å². The van der Waals surface area contributed by atoms with Gasteiger partial charge in [-0.15, -0.1) is 0 Å². The van der Waals surface area contributed by atoms with Crippen molar-refractivity contribution < 1.29 is 9.53 Å². The monoisotopic (exact) mass is 406 g/mol. The van der Waals surface area contributed by atoms with Crippen molar-refractivity contribution in [3.05, 3.63) is 70.1 Å². The van der Waals surface area contributed by atoms with E-state index >= 15 is 0 Å². The molecular weight excluding hydrogens is 380 g/mol. The molecule has 3 aromatic rings. The fraction of sp³-hybridized carbons (Fsp3) is 0.348. The average Bonchev–Trinajstić information content (AvgIpc) is 3.31. The number of benzene rings is 2. The molecule has 1 aliphatic heterocycles. The summed E-state index contributed by atoms with van der Waals surface area (Å²) in [6.07, 6.45) is 2.43. The van der Waals surface area contributed by atoms with Gasteiger partial charge in [0.2, 0.25) is 5.91 Å². The molecule has 1 atom stereocenters. The van der Waals surface area contributed by atoms with Crippen LogP contribution < -0.4 is 15.6 Å². The molecule has 7 heteroatoms. The number of methoxy groups -OCH3 is 1. The lowest BCUT2D eigenvalue weighted by Gasteiger charge is -2.29. The van der Waals surface area contributed by atoms with Crippen LogP contribution >= 0.6 is 0 Å². The zero-order valence-electron chi connectivity index (χ0n) is 17.1. The van der Waals surface area contributed by atoms with E-state index in [1.165, 1.54) is 0 Å². The minimum atomic E-state index is -0.250. The number of nitrogens with one attached hydrogen (secondary N) is 2. The highest BCUT2D eigenvalue weighted by molar-refractivity contribution is 5.88. The number of carbonyl (C=O) groups excluding carboxylic acids is 1. The van der Waals surface area contributed by atoms with Gasteiger partial charge in [0.15, 0.2) is 0 Å². The van der Waals surface area contributed by atoms with Gasteiger partial charge in [-0.2, -0.15) is 5.10 Å².